The molecule has 1 aromatic heterocycles. The summed E-state index contributed by atoms with van der Waals surface area (Å²) in [4.78, 5) is 16.7. The fraction of sp³-hybridized carbons (Fsp3) is 0.182. The number of pyridine rings is 1. The predicted octanol–water partition coefficient (Wildman–Crippen LogP) is 4.87. The number of carbonyl (C=O) groups excluding carboxylic acids is 1. The van der Waals surface area contributed by atoms with E-state index in [1.54, 1.807) is 12.4 Å². The highest BCUT2D eigenvalue weighted by molar-refractivity contribution is 6.04. The van der Waals surface area contributed by atoms with Gasteiger partial charge in [0.1, 0.15) is 0 Å². The first-order chi connectivity index (χ1) is 12.5. The van der Waals surface area contributed by atoms with Crippen LogP contribution in [0.1, 0.15) is 32.6 Å². The quantitative estimate of drug-likeness (QED) is 0.693. The van der Waals surface area contributed by atoms with Gasteiger partial charge in [-0.25, -0.2) is 0 Å². The highest BCUT2D eigenvalue weighted by Crippen LogP contribution is 2.17. The van der Waals surface area contributed by atoms with E-state index in [4.69, 9.17) is 0 Å². The van der Waals surface area contributed by atoms with E-state index in [-0.39, 0.29) is 5.91 Å². The molecule has 0 bridgehead atoms. The summed E-state index contributed by atoms with van der Waals surface area (Å²) in [6.07, 6.45) is 3.31. The Morgan fingerprint density at radius 2 is 1.65 bits per heavy atom. The van der Waals surface area contributed by atoms with Crippen LogP contribution in [0.5, 0.6) is 0 Å². The summed E-state index contributed by atoms with van der Waals surface area (Å²) < 4.78 is 0. The molecule has 1 heterocycles. The maximum atomic E-state index is 12.5. The van der Waals surface area contributed by atoms with Crippen molar-refractivity contribution >= 4 is 17.3 Å². The average molecular weight is 345 g/mol. The van der Waals surface area contributed by atoms with Crippen LogP contribution in [0.2, 0.25) is 0 Å². The molecule has 2 aromatic carbocycles. The van der Waals surface area contributed by atoms with Crippen LogP contribution in [-0.4, -0.2) is 10.9 Å². The molecule has 0 spiro atoms. The lowest BCUT2D eigenvalue weighted by Crippen LogP contribution is -2.13. The second-order valence-corrected chi connectivity index (χ2v) is 6.57. The van der Waals surface area contributed by atoms with Crippen molar-refractivity contribution in [3.8, 4) is 0 Å². The molecule has 2 N–H and O–H groups in total. The van der Waals surface area contributed by atoms with Crippen LogP contribution in [0.4, 0.5) is 11.4 Å². The van der Waals surface area contributed by atoms with E-state index in [2.05, 4.69) is 40.7 Å². The number of hydrogen-bond donors (Lipinski definition) is 2. The molecule has 0 saturated carbocycles. The SMILES string of the molecule is Cc1cc(C)cc(NC(=O)c2cncc(NCc3ccccc3C)c2)c1. The molecule has 0 aliphatic heterocycles. The van der Waals surface area contributed by atoms with E-state index in [0.29, 0.717) is 12.1 Å². The van der Waals surface area contributed by atoms with Crippen molar-refractivity contribution in [3.05, 3.63) is 88.7 Å². The second kappa shape index (κ2) is 7.83. The molecular weight excluding hydrogens is 322 g/mol. The van der Waals surface area contributed by atoms with Crippen LogP contribution < -0.4 is 10.6 Å². The Labute approximate surface area is 154 Å². The number of anilines is 2. The largest absolute Gasteiger partial charge is 0.380 e. The van der Waals surface area contributed by atoms with Crippen LogP contribution in [0, 0.1) is 20.8 Å². The molecular formula is C22H23N3O. The average Bonchev–Trinajstić information content (AvgIpc) is 2.60. The first-order valence-corrected chi connectivity index (χ1v) is 8.64. The van der Waals surface area contributed by atoms with Crippen LogP contribution >= 0.6 is 0 Å². The van der Waals surface area contributed by atoms with Crippen molar-refractivity contribution in [2.75, 3.05) is 10.6 Å². The van der Waals surface area contributed by atoms with Gasteiger partial charge >= 0.3 is 0 Å². The van der Waals surface area contributed by atoms with Crippen molar-refractivity contribution in [3.63, 3.8) is 0 Å². The zero-order valence-electron chi connectivity index (χ0n) is 15.3. The van der Waals surface area contributed by atoms with E-state index in [0.717, 1.165) is 22.5 Å². The molecule has 4 nitrogen and oxygen atoms in total. The summed E-state index contributed by atoms with van der Waals surface area (Å²) in [7, 11) is 0. The van der Waals surface area contributed by atoms with E-state index >= 15 is 0 Å². The third-order valence-electron chi connectivity index (χ3n) is 4.22. The predicted molar refractivity (Wildman–Crippen MR) is 107 cm³/mol. The van der Waals surface area contributed by atoms with Crippen LogP contribution in [-0.2, 0) is 6.54 Å². The molecule has 0 fully saturated rings. The number of rotatable bonds is 5. The molecule has 1 amide bonds. The smallest absolute Gasteiger partial charge is 0.257 e. The lowest BCUT2D eigenvalue weighted by molar-refractivity contribution is 0.102. The summed E-state index contributed by atoms with van der Waals surface area (Å²) in [5, 5.41) is 6.28. The van der Waals surface area contributed by atoms with Crippen molar-refractivity contribution in [2.45, 2.75) is 27.3 Å². The third kappa shape index (κ3) is 4.48. The summed E-state index contributed by atoms with van der Waals surface area (Å²) in [6, 6.07) is 16.0. The standard InChI is InChI=1S/C22H23N3O/c1-15-8-16(2)10-20(9-15)25-22(26)19-11-21(14-23-12-19)24-13-18-7-5-4-6-17(18)3/h4-12,14,24H,13H2,1-3H3,(H,25,26). The number of nitrogens with zero attached hydrogens (tertiary/aromatic N) is 1. The number of aromatic nitrogens is 1. The minimum absolute atomic E-state index is 0.165. The van der Waals surface area contributed by atoms with Crippen LogP contribution in [0.15, 0.2) is 60.9 Å². The van der Waals surface area contributed by atoms with Gasteiger partial charge in [0, 0.05) is 24.6 Å². The maximum Gasteiger partial charge on any atom is 0.257 e. The van der Waals surface area contributed by atoms with Crippen molar-refractivity contribution in [2.24, 2.45) is 0 Å². The third-order valence-corrected chi connectivity index (χ3v) is 4.22. The van der Waals surface area contributed by atoms with Crippen molar-refractivity contribution in [1.82, 2.24) is 4.98 Å². The number of aryl methyl sites for hydroxylation is 3. The lowest BCUT2D eigenvalue weighted by Gasteiger charge is -2.11. The highest BCUT2D eigenvalue weighted by Gasteiger charge is 2.08. The van der Waals surface area contributed by atoms with Gasteiger partial charge < -0.3 is 10.6 Å². The Hall–Kier alpha value is -3.14. The molecule has 0 aliphatic rings. The normalized spacial score (nSPS) is 10.4. The Morgan fingerprint density at radius 3 is 2.38 bits per heavy atom. The van der Waals surface area contributed by atoms with Crippen LogP contribution in [0.3, 0.4) is 0 Å². The molecule has 0 atom stereocenters. The minimum atomic E-state index is -0.165. The molecule has 0 radical (unpaired) electrons. The maximum absolute atomic E-state index is 12.5. The van der Waals surface area contributed by atoms with Gasteiger partial charge in [0.2, 0.25) is 0 Å². The molecule has 4 heteroatoms. The van der Waals surface area contributed by atoms with Gasteiger partial charge in [-0.05, 0) is 61.2 Å². The number of carbonyl (C=O) groups is 1. The molecule has 0 aliphatic carbocycles. The van der Waals surface area contributed by atoms with Crippen molar-refractivity contribution < 1.29 is 4.79 Å². The fourth-order valence-corrected chi connectivity index (χ4v) is 2.92. The van der Waals surface area contributed by atoms with Gasteiger partial charge in [0.15, 0.2) is 0 Å². The number of amides is 1. The molecule has 0 unspecified atom stereocenters. The number of benzene rings is 2. The zero-order valence-corrected chi connectivity index (χ0v) is 15.3. The Bertz CT molecular complexity index is 914. The molecule has 3 aromatic rings. The molecule has 3 rings (SSSR count). The number of nitrogens with one attached hydrogen (secondary N) is 2. The zero-order chi connectivity index (χ0) is 18.5. The van der Waals surface area contributed by atoms with E-state index in [1.165, 1.54) is 11.1 Å². The van der Waals surface area contributed by atoms with Gasteiger partial charge in [-0.1, -0.05) is 30.3 Å². The topological polar surface area (TPSA) is 54.0 Å². The molecule has 0 saturated heterocycles. The molecule has 26 heavy (non-hydrogen) atoms. The Morgan fingerprint density at radius 1 is 0.923 bits per heavy atom. The number of hydrogen-bond acceptors (Lipinski definition) is 3. The summed E-state index contributed by atoms with van der Waals surface area (Å²) >= 11 is 0. The fourth-order valence-electron chi connectivity index (χ4n) is 2.92. The van der Waals surface area contributed by atoms with Gasteiger partial charge in [-0.3, -0.25) is 9.78 Å². The summed E-state index contributed by atoms with van der Waals surface area (Å²) in [6.45, 7) is 6.81. The van der Waals surface area contributed by atoms with Gasteiger partial charge in [-0.2, -0.15) is 0 Å². The van der Waals surface area contributed by atoms with Gasteiger partial charge in [0.05, 0.1) is 11.3 Å². The Balaban J connectivity index is 1.70. The second-order valence-electron chi connectivity index (χ2n) is 6.57. The summed E-state index contributed by atoms with van der Waals surface area (Å²) in [5.41, 5.74) is 6.83. The van der Waals surface area contributed by atoms with E-state index in [9.17, 15) is 4.79 Å². The first-order valence-electron chi connectivity index (χ1n) is 8.64. The van der Waals surface area contributed by atoms with E-state index < -0.39 is 0 Å². The first kappa shape index (κ1) is 17.7. The monoisotopic (exact) mass is 345 g/mol. The van der Waals surface area contributed by atoms with Gasteiger partial charge in [-0.15, -0.1) is 0 Å². The summed E-state index contributed by atoms with van der Waals surface area (Å²) in [5.74, 6) is -0.165. The van der Waals surface area contributed by atoms with Crippen LogP contribution in [0.25, 0.3) is 0 Å². The Kier molecular flexibility index (Phi) is 5.32. The highest BCUT2D eigenvalue weighted by atomic mass is 16.1. The minimum Gasteiger partial charge on any atom is -0.380 e. The van der Waals surface area contributed by atoms with Crippen molar-refractivity contribution in [1.29, 1.82) is 0 Å². The van der Waals surface area contributed by atoms with E-state index in [1.807, 2.05) is 44.2 Å². The van der Waals surface area contributed by atoms with Gasteiger partial charge in [0.25, 0.3) is 5.91 Å². The lowest BCUT2D eigenvalue weighted by atomic mass is 10.1. The molecule has 132 valence electrons.